The second kappa shape index (κ2) is 9.14. The molecule has 1 aromatic rings. The number of hydrogen-bond acceptors (Lipinski definition) is 1. The van der Waals surface area contributed by atoms with Gasteiger partial charge in [0, 0.05) is 18.8 Å². The summed E-state index contributed by atoms with van der Waals surface area (Å²) in [5.74, 6) is 1.82. The molecule has 0 spiro atoms. The van der Waals surface area contributed by atoms with Crippen molar-refractivity contribution < 1.29 is 0 Å². The van der Waals surface area contributed by atoms with Crippen LogP contribution in [0.3, 0.4) is 0 Å². The van der Waals surface area contributed by atoms with Crippen molar-refractivity contribution >= 4 is 23.0 Å². The molecule has 0 amide bonds. The number of hydrogen-bond donors (Lipinski definition) is 1. The fourth-order valence-corrected chi connectivity index (χ4v) is 2.72. The Hall–Kier alpha value is -1.09. The Morgan fingerprint density at radius 2 is 1.50 bits per heavy atom. The van der Waals surface area contributed by atoms with E-state index in [1.54, 1.807) is 0 Å². The zero-order valence-electron chi connectivity index (χ0n) is 15.0. The molecule has 0 bridgehead atoms. The molecular formula is C19H32N2S. The van der Waals surface area contributed by atoms with E-state index >= 15 is 0 Å². The predicted octanol–water partition coefficient (Wildman–Crippen LogP) is 5.51. The quantitative estimate of drug-likeness (QED) is 0.667. The molecule has 2 nitrogen and oxygen atoms in total. The first-order valence-electron chi connectivity index (χ1n) is 8.49. The Labute approximate surface area is 142 Å². The summed E-state index contributed by atoms with van der Waals surface area (Å²) in [7, 11) is 0. The lowest BCUT2D eigenvalue weighted by atomic mass is 9.99. The molecule has 0 saturated heterocycles. The topological polar surface area (TPSA) is 15.3 Å². The summed E-state index contributed by atoms with van der Waals surface area (Å²) >= 11 is 5.62. The van der Waals surface area contributed by atoms with Crippen molar-refractivity contribution in [1.29, 1.82) is 0 Å². The first-order chi connectivity index (χ1) is 10.3. The zero-order chi connectivity index (χ0) is 16.7. The lowest BCUT2D eigenvalue weighted by Crippen LogP contribution is -2.39. The van der Waals surface area contributed by atoms with Gasteiger partial charge < -0.3 is 10.2 Å². The molecule has 1 rings (SSSR count). The van der Waals surface area contributed by atoms with Gasteiger partial charge in [-0.15, -0.1) is 0 Å². The fourth-order valence-electron chi connectivity index (χ4n) is 2.46. The molecule has 1 atom stereocenters. The second-order valence-corrected chi connectivity index (χ2v) is 7.44. The SMILES string of the molecule is CCC(C)c1ccc(NC(=S)N(CC(C)C)CC(C)C)cc1. The van der Waals surface area contributed by atoms with E-state index in [4.69, 9.17) is 12.2 Å². The van der Waals surface area contributed by atoms with E-state index in [1.807, 2.05) is 0 Å². The van der Waals surface area contributed by atoms with E-state index in [2.05, 4.69) is 76.0 Å². The van der Waals surface area contributed by atoms with E-state index in [0.29, 0.717) is 17.8 Å². The van der Waals surface area contributed by atoms with Crippen LogP contribution in [0.2, 0.25) is 0 Å². The minimum atomic E-state index is 0.603. The van der Waals surface area contributed by atoms with Gasteiger partial charge >= 0.3 is 0 Å². The van der Waals surface area contributed by atoms with E-state index in [-0.39, 0.29) is 0 Å². The van der Waals surface area contributed by atoms with Crippen molar-refractivity contribution in [3.05, 3.63) is 29.8 Å². The summed E-state index contributed by atoms with van der Waals surface area (Å²) < 4.78 is 0. The van der Waals surface area contributed by atoms with Crippen LogP contribution in [-0.4, -0.2) is 23.1 Å². The van der Waals surface area contributed by atoms with Crippen molar-refractivity contribution in [3.8, 4) is 0 Å². The molecule has 1 N–H and O–H groups in total. The van der Waals surface area contributed by atoms with Crippen molar-refractivity contribution in [2.45, 2.75) is 53.9 Å². The van der Waals surface area contributed by atoms with Crippen LogP contribution in [0.15, 0.2) is 24.3 Å². The van der Waals surface area contributed by atoms with Crippen LogP contribution < -0.4 is 5.32 Å². The zero-order valence-corrected chi connectivity index (χ0v) is 15.8. The lowest BCUT2D eigenvalue weighted by molar-refractivity contribution is 0.332. The van der Waals surface area contributed by atoms with Crippen LogP contribution in [0.4, 0.5) is 5.69 Å². The standard InChI is InChI=1S/C19H32N2S/c1-7-16(6)17-8-10-18(11-9-17)20-19(22)21(12-14(2)3)13-15(4)5/h8-11,14-16H,7,12-13H2,1-6H3,(H,20,22). The Kier molecular flexibility index (Phi) is 7.88. The van der Waals surface area contributed by atoms with Crippen molar-refractivity contribution in [3.63, 3.8) is 0 Å². The van der Waals surface area contributed by atoms with Gasteiger partial charge in [0.1, 0.15) is 0 Å². The monoisotopic (exact) mass is 320 g/mol. The highest BCUT2D eigenvalue weighted by Crippen LogP contribution is 2.20. The predicted molar refractivity (Wildman–Crippen MR) is 103 cm³/mol. The summed E-state index contributed by atoms with van der Waals surface area (Å²) in [5, 5.41) is 4.23. The molecule has 3 heteroatoms. The average Bonchev–Trinajstić information content (AvgIpc) is 2.45. The minimum Gasteiger partial charge on any atom is -0.349 e. The van der Waals surface area contributed by atoms with Gasteiger partial charge in [-0.2, -0.15) is 0 Å². The molecule has 0 fully saturated rings. The Bertz CT molecular complexity index is 441. The summed E-state index contributed by atoms with van der Waals surface area (Å²) in [6.07, 6.45) is 1.17. The fraction of sp³-hybridized carbons (Fsp3) is 0.632. The highest BCUT2D eigenvalue weighted by atomic mass is 32.1. The molecule has 0 aliphatic rings. The number of benzene rings is 1. The number of anilines is 1. The van der Waals surface area contributed by atoms with Gasteiger partial charge in [0.25, 0.3) is 0 Å². The number of rotatable bonds is 7. The van der Waals surface area contributed by atoms with Crippen molar-refractivity contribution in [1.82, 2.24) is 4.90 Å². The largest absolute Gasteiger partial charge is 0.349 e. The maximum absolute atomic E-state index is 5.62. The summed E-state index contributed by atoms with van der Waals surface area (Å²) in [6.45, 7) is 15.4. The van der Waals surface area contributed by atoms with E-state index in [1.165, 1.54) is 12.0 Å². The molecule has 124 valence electrons. The van der Waals surface area contributed by atoms with Crippen LogP contribution in [0.1, 0.15) is 59.4 Å². The molecular weight excluding hydrogens is 288 g/mol. The van der Waals surface area contributed by atoms with Gasteiger partial charge in [-0.1, -0.05) is 53.7 Å². The molecule has 22 heavy (non-hydrogen) atoms. The van der Waals surface area contributed by atoms with E-state index in [0.717, 1.165) is 23.9 Å². The van der Waals surface area contributed by atoms with Crippen LogP contribution in [0, 0.1) is 11.8 Å². The summed E-state index contributed by atoms with van der Waals surface area (Å²) in [5.41, 5.74) is 2.47. The average molecular weight is 321 g/mol. The molecule has 0 aliphatic carbocycles. The number of nitrogens with one attached hydrogen (secondary N) is 1. The van der Waals surface area contributed by atoms with E-state index < -0.39 is 0 Å². The number of thiocarbonyl (C=S) groups is 1. The van der Waals surface area contributed by atoms with Crippen LogP contribution in [-0.2, 0) is 0 Å². The van der Waals surface area contributed by atoms with Crippen molar-refractivity contribution in [2.75, 3.05) is 18.4 Å². The molecule has 1 aromatic carbocycles. The Morgan fingerprint density at radius 3 is 1.91 bits per heavy atom. The first kappa shape index (κ1) is 19.0. The summed E-state index contributed by atoms with van der Waals surface area (Å²) in [4.78, 5) is 2.28. The number of nitrogens with zero attached hydrogens (tertiary/aromatic N) is 1. The van der Waals surface area contributed by atoms with E-state index in [9.17, 15) is 0 Å². The molecule has 0 aliphatic heterocycles. The summed E-state index contributed by atoms with van der Waals surface area (Å²) in [6, 6.07) is 8.68. The van der Waals surface area contributed by atoms with Crippen LogP contribution >= 0.6 is 12.2 Å². The third-order valence-corrected chi connectivity index (χ3v) is 4.16. The Balaban J connectivity index is 2.71. The molecule has 0 aromatic heterocycles. The van der Waals surface area contributed by atoms with Gasteiger partial charge in [-0.25, -0.2) is 0 Å². The van der Waals surface area contributed by atoms with Gasteiger partial charge in [0.2, 0.25) is 0 Å². The van der Waals surface area contributed by atoms with Crippen LogP contribution in [0.25, 0.3) is 0 Å². The Morgan fingerprint density at radius 1 is 1.00 bits per heavy atom. The van der Waals surface area contributed by atoms with Crippen LogP contribution in [0.5, 0.6) is 0 Å². The maximum atomic E-state index is 5.62. The maximum Gasteiger partial charge on any atom is 0.173 e. The minimum absolute atomic E-state index is 0.603. The highest BCUT2D eigenvalue weighted by molar-refractivity contribution is 7.80. The lowest BCUT2D eigenvalue weighted by Gasteiger charge is -2.29. The highest BCUT2D eigenvalue weighted by Gasteiger charge is 2.13. The smallest absolute Gasteiger partial charge is 0.173 e. The van der Waals surface area contributed by atoms with Gasteiger partial charge in [-0.05, 0) is 54.1 Å². The molecule has 0 saturated carbocycles. The van der Waals surface area contributed by atoms with Crippen molar-refractivity contribution in [2.24, 2.45) is 11.8 Å². The van der Waals surface area contributed by atoms with Gasteiger partial charge in [0.05, 0.1) is 0 Å². The second-order valence-electron chi connectivity index (χ2n) is 7.05. The normalized spacial score (nSPS) is 12.5. The van der Waals surface area contributed by atoms with Gasteiger partial charge in [-0.3, -0.25) is 0 Å². The molecule has 0 heterocycles. The first-order valence-corrected chi connectivity index (χ1v) is 8.90. The third-order valence-electron chi connectivity index (χ3n) is 3.80. The molecule has 0 radical (unpaired) electrons. The third kappa shape index (κ3) is 6.35. The molecule has 1 unspecified atom stereocenters. The van der Waals surface area contributed by atoms with Gasteiger partial charge in [0.15, 0.2) is 5.11 Å².